The monoisotopic (exact) mass is 603 g/mol. The number of hydrogen-bond acceptors (Lipinski definition) is 6. The second kappa shape index (κ2) is 14.2. The first kappa shape index (κ1) is 31.4. The molecule has 3 aromatic carbocycles. The van der Waals surface area contributed by atoms with Crippen molar-refractivity contribution in [1.82, 2.24) is 14.8 Å². The van der Waals surface area contributed by atoms with E-state index < -0.39 is 17.2 Å². The Bertz CT molecular complexity index is 1490. The Morgan fingerprint density at radius 2 is 1.59 bits per heavy atom. The van der Waals surface area contributed by atoms with Crippen LogP contribution in [0.2, 0.25) is 0 Å². The van der Waals surface area contributed by atoms with Gasteiger partial charge in [-0.1, -0.05) is 44.0 Å². The van der Waals surface area contributed by atoms with E-state index in [1.54, 1.807) is 11.0 Å². The molecular weight excluding hydrogens is 560 g/mol. The van der Waals surface area contributed by atoms with Gasteiger partial charge in [-0.25, -0.2) is 18.4 Å². The van der Waals surface area contributed by atoms with Crippen molar-refractivity contribution >= 4 is 11.4 Å². The number of nitrogens with zero attached hydrogens (tertiary/aromatic N) is 5. The fourth-order valence-corrected chi connectivity index (χ4v) is 5.96. The maximum absolute atomic E-state index is 14.9. The molecule has 0 saturated carbocycles. The number of benzene rings is 3. The molecular formula is C35H43F2N5O2. The summed E-state index contributed by atoms with van der Waals surface area (Å²) in [5.41, 5.74) is 4.15. The second-order valence-electron chi connectivity index (χ2n) is 11.9. The minimum atomic E-state index is -0.987. The first-order valence-corrected chi connectivity index (χ1v) is 15.5. The maximum Gasteiger partial charge on any atom is 0.137 e. The highest BCUT2D eigenvalue weighted by molar-refractivity contribution is 5.55. The molecule has 44 heavy (non-hydrogen) atoms. The maximum atomic E-state index is 14.9. The van der Waals surface area contributed by atoms with Gasteiger partial charge in [0.25, 0.3) is 0 Å². The van der Waals surface area contributed by atoms with Crippen molar-refractivity contribution in [2.24, 2.45) is 5.92 Å². The molecule has 0 bridgehead atoms. The average molecular weight is 604 g/mol. The summed E-state index contributed by atoms with van der Waals surface area (Å²) in [5, 5.41) is 4.19. The van der Waals surface area contributed by atoms with Crippen LogP contribution in [0.3, 0.4) is 0 Å². The largest absolute Gasteiger partial charge is 0.493 e. The van der Waals surface area contributed by atoms with E-state index in [-0.39, 0.29) is 12.5 Å². The van der Waals surface area contributed by atoms with E-state index in [9.17, 15) is 8.78 Å². The Labute approximate surface area is 259 Å². The summed E-state index contributed by atoms with van der Waals surface area (Å²) in [5.74, 6) is -0.393. The molecule has 3 heterocycles. The van der Waals surface area contributed by atoms with Crippen molar-refractivity contribution in [1.29, 1.82) is 0 Å². The Kier molecular flexibility index (Phi) is 10.1. The van der Waals surface area contributed by atoms with Crippen molar-refractivity contribution in [3.05, 3.63) is 102 Å². The van der Waals surface area contributed by atoms with E-state index in [4.69, 9.17) is 9.47 Å². The van der Waals surface area contributed by atoms with Crippen molar-refractivity contribution < 1.29 is 18.3 Å². The Hall–Kier alpha value is -3.98. The number of rotatable bonds is 8. The van der Waals surface area contributed by atoms with Gasteiger partial charge in [-0.15, -0.1) is 0 Å². The van der Waals surface area contributed by atoms with E-state index in [0.717, 1.165) is 43.6 Å². The summed E-state index contributed by atoms with van der Waals surface area (Å²) < 4.78 is 42.7. The average Bonchev–Trinajstić information content (AvgIpc) is 3.68. The van der Waals surface area contributed by atoms with Crippen LogP contribution in [0, 0.1) is 31.4 Å². The summed E-state index contributed by atoms with van der Waals surface area (Å²) in [6.45, 7) is 13.4. The molecule has 2 saturated heterocycles. The number of aromatic nitrogens is 3. The number of anilines is 2. The fraction of sp³-hybridized carbons (Fsp3) is 0.429. The van der Waals surface area contributed by atoms with Crippen molar-refractivity contribution in [2.75, 3.05) is 49.2 Å². The van der Waals surface area contributed by atoms with Gasteiger partial charge in [0.2, 0.25) is 0 Å². The van der Waals surface area contributed by atoms with Gasteiger partial charge in [0.15, 0.2) is 0 Å². The zero-order valence-corrected chi connectivity index (χ0v) is 26.2. The van der Waals surface area contributed by atoms with Crippen LogP contribution in [0.25, 0.3) is 0 Å². The van der Waals surface area contributed by atoms with Gasteiger partial charge in [0, 0.05) is 55.1 Å². The van der Waals surface area contributed by atoms with Crippen LogP contribution in [0.15, 0.2) is 73.3 Å². The summed E-state index contributed by atoms with van der Waals surface area (Å²) in [7, 11) is 0. The minimum absolute atomic E-state index is 0.0249. The smallest absolute Gasteiger partial charge is 0.137 e. The van der Waals surface area contributed by atoms with Crippen molar-refractivity contribution in [2.45, 2.75) is 52.7 Å². The van der Waals surface area contributed by atoms with Gasteiger partial charge in [0.1, 0.15) is 35.6 Å². The van der Waals surface area contributed by atoms with E-state index in [2.05, 4.69) is 84.0 Å². The highest BCUT2D eigenvalue weighted by atomic mass is 19.1. The molecule has 0 N–H and O–H groups in total. The van der Waals surface area contributed by atoms with Gasteiger partial charge in [-0.2, -0.15) is 5.10 Å². The molecule has 9 heteroatoms. The summed E-state index contributed by atoms with van der Waals surface area (Å²) >= 11 is 0. The molecule has 0 amide bonds. The first-order valence-electron chi connectivity index (χ1n) is 15.5. The number of hydrogen-bond donors (Lipinski definition) is 0. The lowest BCUT2D eigenvalue weighted by Gasteiger charge is -2.37. The second-order valence-corrected chi connectivity index (χ2v) is 11.9. The van der Waals surface area contributed by atoms with Crippen LogP contribution in [0.1, 0.15) is 43.4 Å². The number of ether oxygens (including phenoxy) is 2. The molecule has 2 fully saturated rings. The van der Waals surface area contributed by atoms with E-state index >= 15 is 0 Å². The third kappa shape index (κ3) is 7.38. The lowest BCUT2D eigenvalue weighted by Crippen LogP contribution is -2.46. The molecule has 2 aliphatic heterocycles. The minimum Gasteiger partial charge on any atom is -0.493 e. The number of aryl methyl sites for hydroxylation is 2. The predicted octanol–water partition coefficient (Wildman–Crippen LogP) is 6.93. The quantitative estimate of drug-likeness (QED) is 0.218. The summed E-state index contributed by atoms with van der Waals surface area (Å²) in [4.78, 5) is 8.86. The number of halogens is 2. The molecule has 2 atom stereocenters. The molecule has 0 spiro atoms. The standard InChI is InChI=1S/C32H35F2N5O2.C3H8/c1-23-3-6-27(7-4-23)37-11-13-38(14-12-37)28-8-10-31(24(2)15-28)40-18-25-17-32(41-19-25,20-39-22-35-21-36-39)29-9-5-26(33)16-30(29)34;1-3-2/h3-10,15-16,21-22,25H,11-14,17-20H2,1-2H3;3H2,1-2H3/t25-,32+;/m1./s1. The summed E-state index contributed by atoms with van der Waals surface area (Å²) in [6, 6.07) is 18.7. The lowest BCUT2D eigenvalue weighted by molar-refractivity contribution is -0.0206. The summed E-state index contributed by atoms with van der Waals surface area (Å²) in [6.07, 6.45) is 4.77. The van der Waals surface area contributed by atoms with Crippen LogP contribution in [-0.2, 0) is 16.9 Å². The van der Waals surface area contributed by atoms with Crippen molar-refractivity contribution in [3.63, 3.8) is 0 Å². The topological polar surface area (TPSA) is 55.7 Å². The normalized spacial score (nSPS) is 19.9. The van der Waals surface area contributed by atoms with Crippen LogP contribution in [0.5, 0.6) is 5.75 Å². The van der Waals surface area contributed by atoms with Gasteiger partial charge in [-0.3, -0.25) is 0 Å². The van der Waals surface area contributed by atoms with Gasteiger partial charge in [0.05, 0.1) is 19.8 Å². The molecule has 234 valence electrons. The Morgan fingerprint density at radius 1 is 0.909 bits per heavy atom. The van der Waals surface area contributed by atoms with Gasteiger partial charge >= 0.3 is 0 Å². The molecule has 6 rings (SSSR count). The molecule has 0 aliphatic carbocycles. The van der Waals surface area contributed by atoms with E-state index in [1.165, 1.54) is 41.8 Å². The van der Waals surface area contributed by atoms with E-state index in [0.29, 0.717) is 25.2 Å². The Balaban J connectivity index is 0.00000123. The molecule has 7 nitrogen and oxygen atoms in total. The van der Waals surface area contributed by atoms with Crippen LogP contribution < -0.4 is 14.5 Å². The number of piperazine rings is 1. The lowest BCUT2D eigenvalue weighted by atomic mass is 9.87. The predicted molar refractivity (Wildman–Crippen MR) is 170 cm³/mol. The zero-order valence-electron chi connectivity index (χ0n) is 26.2. The third-order valence-corrected chi connectivity index (χ3v) is 8.20. The van der Waals surface area contributed by atoms with Crippen LogP contribution in [0.4, 0.5) is 20.2 Å². The zero-order chi connectivity index (χ0) is 31.1. The molecule has 1 aromatic heterocycles. The first-order chi connectivity index (χ1) is 21.3. The molecule has 4 aromatic rings. The van der Waals surface area contributed by atoms with Gasteiger partial charge in [-0.05, 0) is 62.2 Å². The van der Waals surface area contributed by atoms with E-state index in [1.807, 2.05) is 6.07 Å². The SMILES string of the molecule is CCC.Cc1ccc(N2CCN(c3ccc(OC[C@@H]4CO[C@@](Cn5cncn5)(c5ccc(F)cc5F)C4)c(C)c3)CC2)cc1. The van der Waals surface area contributed by atoms with Crippen LogP contribution in [-0.4, -0.2) is 54.2 Å². The highest BCUT2D eigenvalue weighted by Gasteiger charge is 2.44. The molecule has 0 radical (unpaired) electrons. The van der Waals surface area contributed by atoms with Gasteiger partial charge < -0.3 is 19.3 Å². The third-order valence-electron chi connectivity index (χ3n) is 8.20. The molecule has 2 aliphatic rings. The fourth-order valence-electron chi connectivity index (χ4n) is 5.96. The Morgan fingerprint density at radius 3 is 2.23 bits per heavy atom. The van der Waals surface area contributed by atoms with Crippen molar-refractivity contribution in [3.8, 4) is 5.75 Å². The van der Waals surface area contributed by atoms with Crippen LogP contribution >= 0.6 is 0 Å². The highest BCUT2D eigenvalue weighted by Crippen LogP contribution is 2.42. The molecule has 0 unspecified atom stereocenters.